The average Bonchev–Trinajstić information content (AvgIpc) is 2.58. The standard InChI is InChI=1S/C10H13F3N4O3/c1-4-6(5(2)17-16-4)14-8(20)15-9(3,7(18)19)10(11,12)13/h1-3H3,(H,16,17)(H,18,19)(H2,14,15,20). The minimum Gasteiger partial charge on any atom is -0.479 e. The molecular formula is C10H13F3N4O3. The molecule has 0 aliphatic heterocycles. The minimum absolute atomic E-state index is 0.192. The molecule has 1 rings (SSSR count). The Morgan fingerprint density at radius 2 is 1.85 bits per heavy atom. The number of hydrogen-bond donors (Lipinski definition) is 4. The zero-order valence-electron chi connectivity index (χ0n) is 10.8. The van der Waals surface area contributed by atoms with Crippen LogP contribution < -0.4 is 10.6 Å². The number of carboxylic acids is 1. The molecule has 0 bridgehead atoms. The lowest BCUT2D eigenvalue weighted by Gasteiger charge is -2.28. The maximum Gasteiger partial charge on any atom is 0.422 e. The van der Waals surface area contributed by atoms with Crippen LogP contribution in [-0.2, 0) is 4.79 Å². The molecule has 20 heavy (non-hydrogen) atoms. The number of halogens is 3. The summed E-state index contributed by atoms with van der Waals surface area (Å²) in [4.78, 5) is 22.3. The molecular weight excluding hydrogens is 281 g/mol. The van der Waals surface area contributed by atoms with Gasteiger partial charge in [-0.05, 0) is 20.8 Å². The van der Waals surface area contributed by atoms with Gasteiger partial charge in [0.05, 0.1) is 17.1 Å². The number of nitrogens with one attached hydrogen (secondary N) is 3. The first-order valence-electron chi connectivity index (χ1n) is 5.40. The van der Waals surface area contributed by atoms with Crippen molar-refractivity contribution >= 4 is 17.7 Å². The molecule has 0 spiro atoms. The summed E-state index contributed by atoms with van der Waals surface area (Å²) in [6.45, 7) is 3.44. The molecule has 0 aliphatic rings. The molecule has 4 N–H and O–H groups in total. The van der Waals surface area contributed by atoms with Crippen LogP contribution in [-0.4, -0.2) is 39.0 Å². The molecule has 0 saturated carbocycles. The summed E-state index contributed by atoms with van der Waals surface area (Å²) in [6.07, 6.45) is -5.14. The van der Waals surface area contributed by atoms with E-state index >= 15 is 0 Å². The summed E-state index contributed by atoms with van der Waals surface area (Å²) in [7, 11) is 0. The Labute approximate surface area is 111 Å². The van der Waals surface area contributed by atoms with Gasteiger partial charge in [0.1, 0.15) is 0 Å². The van der Waals surface area contributed by atoms with E-state index in [0.29, 0.717) is 18.3 Å². The van der Waals surface area contributed by atoms with Crippen molar-refractivity contribution in [1.29, 1.82) is 0 Å². The molecule has 7 nitrogen and oxygen atoms in total. The molecule has 2 amide bonds. The van der Waals surface area contributed by atoms with E-state index in [1.807, 2.05) is 0 Å². The van der Waals surface area contributed by atoms with Crippen molar-refractivity contribution in [3.63, 3.8) is 0 Å². The van der Waals surface area contributed by atoms with Gasteiger partial charge in [0.15, 0.2) is 0 Å². The maximum absolute atomic E-state index is 12.7. The number of nitrogens with zero attached hydrogens (tertiary/aromatic N) is 1. The predicted octanol–water partition coefficient (Wildman–Crippen LogP) is 1.55. The third kappa shape index (κ3) is 2.83. The molecule has 0 saturated heterocycles. The SMILES string of the molecule is Cc1n[nH]c(C)c1NC(=O)NC(C)(C(=O)O)C(F)(F)F. The number of amides is 2. The van der Waals surface area contributed by atoms with Crippen molar-refractivity contribution in [1.82, 2.24) is 15.5 Å². The van der Waals surface area contributed by atoms with Crippen LogP contribution in [0.4, 0.5) is 23.7 Å². The van der Waals surface area contributed by atoms with E-state index in [0.717, 1.165) is 0 Å². The maximum atomic E-state index is 12.7. The van der Waals surface area contributed by atoms with E-state index in [-0.39, 0.29) is 5.69 Å². The number of carboxylic acid groups (broad SMARTS) is 1. The van der Waals surface area contributed by atoms with Gasteiger partial charge in [-0.1, -0.05) is 0 Å². The highest BCUT2D eigenvalue weighted by Gasteiger charge is 2.58. The summed E-state index contributed by atoms with van der Waals surface area (Å²) in [5.74, 6) is -2.21. The summed E-state index contributed by atoms with van der Waals surface area (Å²) < 4.78 is 38.1. The molecule has 112 valence electrons. The lowest BCUT2D eigenvalue weighted by Crippen LogP contribution is -2.62. The highest BCUT2D eigenvalue weighted by atomic mass is 19.4. The van der Waals surface area contributed by atoms with Crippen LogP contribution in [0.3, 0.4) is 0 Å². The fourth-order valence-corrected chi connectivity index (χ4v) is 1.35. The second-order valence-corrected chi connectivity index (χ2v) is 4.32. The van der Waals surface area contributed by atoms with Gasteiger partial charge < -0.3 is 15.7 Å². The first-order valence-corrected chi connectivity index (χ1v) is 5.40. The number of aryl methyl sites for hydroxylation is 2. The molecule has 1 heterocycles. The normalized spacial score (nSPS) is 14.5. The number of alkyl halides is 3. The molecule has 0 radical (unpaired) electrons. The number of hydrogen-bond acceptors (Lipinski definition) is 3. The van der Waals surface area contributed by atoms with E-state index in [1.54, 1.807) is 6.92 Å². The highest BCUT2D eigenvalue weighted by Crippen LogP contribution is 2.30. The molecule has 1 aromatic heterocycles. The van der Waals surface area contributed by atoms with Crippen molar-refractivity contribution in [3.8, 4) is 0 Å². The minimum atomic E-state index is -5.14. The Hall–Kier alpha value is -2.26. The smallest absolute Gasteiger partial charge is 0.422 e. The van der Waals surface area contributed by atoms with Crippen LogP contribution in [0.25, 0.3) is 0 Å². The quantitative estimate of drug-likeness (QED) is 0.678. The molecule has 0 fully saturated rings. The fourth-order valence-electron chi connectivity index (χ4n) is 1.35. The van der Waals surface area contributed by atoms with Crippen LogP contribution >= 0.6 is 0 Å². The number of anilines is 1. The van der Waals surface area contributed by atoms with Crippen LogP contribution in [0.5, 0.6) is 0 Å². The Kier molecular flexibility index (Phi) is 3.97. The molecule has 0 aromatic carbocycles. The van der Waals surface area contributed by atoms with Gasteiger partial charge in [0.25, 0.3) is 0 Å². The number of carbonyl (C=O) groups excluding carboxylic acids is 1. The summed E-state index contributed by atoms with van der Waals surface area (Å²) in [5, 5.41) is 18.5. The number of aliphatic carboxylic acids is 1. The van der Waals surface area contributed by atoms with Gasteiger partial charge in [0, 0.05) is 0 Å². The van der Waals surface area contributed by atoms with Crippen LogP contribution in [0.2, 0.25) is 0 Å². The van der Waals surface area contributed by atoms with E-state index in [2.05, 4.69) is 15.5 Å². The van der Waals surface area contributed by atoms with Gasteiger partial charge in [-0.15, -0.1) is 0 Å². The van der Waals surface area contributed by atoms with Crippen LogP contribution in [0, 0.1) is 13.8 Å². The summed E-state index contributed by atoms with van der Waals surface area (Å²) in [5.41, 5.74) is -2.40. The number of rotatable bonds is 3. The first kappa shape index (κ1) is 15.8. The second kappa shape index (κ2) is 5.02. The van der Waals surface area contributed by atoms with Gasteiger partial charge in [0.2, 0.25) is 5.54 Å². The Bertz CT molecular complexity index is 521. The van der Waals surface area contributed by atoms with E-state index < -0.39 is 23.7 Å². The number of aromatic nitrogens is 2. The largest absolute Gasteiger partial charge is 0.479 e. The van der Waals surface area contributed by atoms with Crippen molar-refractivity contribution in [2.24, 2.45) is 0 Å². The zero-order chi connectivity index (χ0) is 15.7. The first-order chi connectivity index (χ1) is 8.99. The Balaban J connectivity index is 2.92. The third-order valence-corrected chi connectivity index (χ3v) is 2.72. The molecule has 0 aliphatic carbocycles. The lowest BCUT2D eigenvalue weighted by molar-refractivity contribution is -0.203. The van der Waals surface area contributed by atoms with E-state index in [1.165, 1.54) is 12.2 Å². The van der Waals surface area contributed by atoms with Crippen LogP contribution in [0.15, 0.2) is 0 Å². The second-order valence-electron chi connectivity index (χ2n) is 4.32. The summed E-state index contributed by atoms with van der Waals surface area (Å²) in [6, 6.07) is -1.29. The summed E-state index contributed by atoms with van der Waals surface area (Å²) >= 11 is 0. The molecule has 1 unspecified atom stereocenters. The van der Waals surface area contributed by atoms with E-state index in [4.69, 9.17) is 5.11 Å². The molecule has 1 aromatic rings. The number of H-pyrrole nitrogens is 1. The zero-order valence-corrected chi connectivity index (χ0v) is 10.8. The monoisotopic (exact) mass is 294 g/mol. The highest BCUT2D eigenvalue weighted by molar-refractivity contribution is 5.94. The van der Waals surface area contributed by atoms with Gasteiger partial charge >= 0.3 is 18.2 Å². The lowest BCUT2D eigenvalue weighted by atomic mass is 10.0. The topological polar surface area (TPSA) is 107 Å². The molecule has 1 atom stereocenters. The number of urea groups is 1. The van der Waals surface area contributed by atoms with Crippen molar-refractivity contribution in [2.75, 3.05) is 5.32 Å². The van der Waals surface area contributed by atoms with Gasteiger partial charge in [-0.25, -0.2) is 9.59 Å². The fraction of sp³-hybridized carbons (Fsp3) is 0.500. The van der Waals surface area contributed by atoms with Crippen molar-refractivity contribution < 1.29 is 27.9 Å². The van der Waals surface area contributed by atoms with E-state index in [9.17, 15) is 22.8 Å². The predicted molar refractivity (Wildman–Crippen MR) is 62.3 cm³/mol. The average molecular weight is 294 g/mol. The van der Waals surface area contributed by atoms with Crippen LogP contribution in [0.1, 0.15) is 18.3 Å². The number of carbonyl (C=O) groups is 2. The Morgan fingerprint density at radius 3 is 2.20 bits per heavy atom. The van der Waals surface area contributed by atoms with Gasteiger partial charge in [-0.2, -0.15) is 18.3 Å². The Morgan fingerprint density at radius 1 is 1.30 bits per heavy atom. The molecule has 10 heteroatoms. The third-order valence-electron chi connectivity index (χ3n) is 2.72. The van der Waals surface area contributed by atoms with Gasteiger partial charge in [-0.3, -0.25) is 5.10 Å². The van der Waals surface area contributed by atoms with Crippen molar-refractivity contribution in [3.05, 3.63) is 11.4 Å². The number of aromatic amines is 1. The van der Waals surface area contributed by atoms with Crippen molar-refractivity contribution in [2.45, 2.75) is 32.5 Å².